The van der Waals surface area contributed by atoms with Gasteiger partial charge in [0.2, 0.25) is 0 Å². The first-order valence-corrected chi connectivity index (χ1v) is 8.70. The number of hydrogen-bond donors (Lipinski definition) is 1. The van der Waals surface area contributed by atoms with Crippen molar-refractivity contribution in [1.82, 2.24) is 0 Å². The molecule has 0 radical (unpaired) electrons. The molecule has 0 heterocycles. The van der Waals surface area contributed by atoms with Gasteiger partial charge in [-0.05, 0) is 36.9 Å². The van der Waals surface area contributed by atoms with Gasteiger partial charge in [0.1, 0.15) is 0 Å². The van der Waals surface area contributed by atoms with Crippen LogP contribution in [0.3, 0.4) is 0 Å². The highest BCUT2D eigenvalue weighted by molar-refractivity contribution is 7.98. The molecule has 3 nitrogen and oxygen atoms in total. The van der Waals surface area contributed by atoms with E-state index in [1.54, 1.807) is 11.8 Å². The lowest BCUT2D eigenvalue weighted by atomic mass is 10.3. The summed E-state index contributed by atoms with van der Waals surface area (Å²) < 4.78 is 23.0. The smallest absolute Gasteiger partial charge is 0.152 e. The Morgan fingerprint density at radius 2 is 1.82 bits per heavy atom. The number of rotatable bonds is 7. The van der Waals surface area contributed by atoms with Gasteiger partial charge < -0.3 is 5.32 Å². The van der Waals surface area contributed by atoms with E-state index in [-0.39, 0.29) is 11.5 Å². The van der Waals surface area contributed by atoms with Crippen LogP contribution in [-0.4, -0.2) is 32.7 Å². The van der Waals surface area contributed by atoms with Crippen LogP contribution in [0.2, 0.25) is 0 Å². The second-order valence-electron chi connectivity index (χ2n) is 3.81. The Kier molecular flexibility index (Phi) is 5.85. The van der Waals surface area contributed by atoms with Crippen molar-refractivity contribution >= 4 is 27.3 Å². The summed E-state index contributed by atoms with van der Waals surface area (Å²) in [4.78, 5) is 1.20. The highest BCUT2D eigenvalue weighted by Crippen LogP contribution is 2.17. The van der Waals surface area contributed by atoms with E-state index in [4.69, 9.17) is 0 Å². The van der Waals surface area contributed by atoms with Gasteiger partial charge in [0.05, 0.1) is 5.75 Å². The molecule has 0 saturated carbocycles. The van der Waals surface area contributed by atoms with Gasteiger partial charge >= 0.3 is 0 Å². The summed E-state index contributed by atoms with van der Waals surface area (Å²) in [7, 11) is -2.88. The molecule has 17 heavy (non-hydrogen) atoms. The molecule has 0 unspecified atom stereocenters. The van der Waals surface area contributed by atoms with Gasteiger partial charge in [0, 0.05) is 22.9 Å². The summed E-state index contributed by atoms with van der Waals surface area (Å²) in [6.45, 7) is 2.35. The van der Waals surface area contributed by atoms with E-state index >= 15 is 0 Å². The van der Waals surface area contributed by atoms with Crippen molar-refractivity contribution in [2.45, 2.75) is 18.2 Å². The lowest BCUT2D eigenvalue weighted by Crippen LogP contribution is -2.18. The Bertz CT molecular complexity index is 426. The lowest BCUT2D eigenvalue weighted by molar-refractivity contribution is 0.595. The van der Waals surface area contributed by atoms with Crippen LogP contribution >= 0.6 is 11.8 Å². The zero-order chi connectivity index (χ0) is 12.7. The topological polar surface area (TPSA) is 46.2 Å². The number of nitrogens with one attached hydrogen (secondary N) is 1. The van der Waals surface area contributed by atoms with Crippen molar-refractivity contribution in [2.24, 2.45) is 0 Å². The van der Waals surface area contributed by atoms with E-state index in [1.807, 2.05) is 37.4 Å². The molecule has 0 amide bonds. The summed E-state index contributed by atoms with van der Waals surface area (Å²) in [6, 6.07) is 7.98. The van der Waals surface area contributed by atoms with Crippen LogP contribution < -0.4 is 5.32 Å². The number of anilines is 1. The van der Waals surface area contributed by atoms with Gasteiger partial charge in [-0.3, -0.25) is 0 Å². The minimum Gasteiger partial charge on any atom is -0.384 e. The van der Waals surface area contributed by atoms with Gasteiger partial charge in [-0.2, -0.15) is 0 Å². The van der Waals surface area contributed by atoms with Crippen molar-refractivity contribution < 1.29 is 8.42 Å². The normalized spacial score (nSPS) is 11.4. The first-order chi connectivity index (χ1) is 8.07. The molecule has 0 aliphatic heterocycles. The average Bonchev–Trinajstić information content (AvgIpc) is 2.29. The fourth-order valence-electron chi connectivity index (χ4n) is 1.47. The second-order valence-corrected chi connectivity index (χ2v) is 6.99. The summed E-state index contributed by atoms with van der Waals surface area (Å²) in [5.74, 6) is 0.477. The monoisotopic (exact) mass is 273 g/mol. The predicted molar refractivity (Wildman–Crippen MR) is 75.7 cm³/mol. The van der Waals surface area contributed by atoms with Crippen molar-refractivity contribution in [1.29, 1.82) is 0 Å². The molecule has 0 aliphatic rings. The molecular weight excluding hydrogens is 254 g/mol. The Morgan fingerprint density at radius 3 is 2.35 bits per heavy atom. The predicted octanol–water partition coefficient (Wildman–Crippen LogP) is 2.65. The summed E-state index contributed by atoms with van der Waals surface area (Å²) in [6.07, 6.45) is 2.71. The average molecular weight is 273 g/mol. The molecule has 0 spiro atoms. The molecule has 1 N–H and O–H groups in total. The van der Waals surface area contributed by atoms with E-state index in [0.29, 0.717) is 13.0 Å². The van der Waals surface area contributed by atoms with Crippen molar-refractivity contribution in [2.75, 3.05) is 29.6 Å². The third-order valence-corrected chi connectivity index (χ3v) is 4.95. The highest BCUT2D eigenvalue weighted by atomic mass is 32.2. The molecule has 0 aromatic heterocycles. The summed E-state index contributed by atoms with van der Waals surface area (Å²) >= 11 is 1.69. The van der Waals surface area contributed by atoms with E-state index in [1.165, 1.54) is 4.90 Å². The Hall–Kier alpha value is -0.680. The first-order valence-electron chi connectivity index (χ1n) is 5.66. The molecule has 0 atom stereocenters. The maximum Gasteiger partial charge on any atom is 0.152 e. The van der Waals surface area contributed by atoms with E-state index < -0.39 is 9.84 Å². The van der Waals surface area contributed by atoms with Crippen molar-refractivity contribution in [3.8, 4) is 0 Å². The van der Waals surface area contributed by atoms with Crippen molar-refractivity contribution in [3.05, 3.63) is 24.3 Å². The van der Waals surface area contributed by atoms with Crippen LogP contribution in [0.4, 0.5) is 5.69 Å². The molecular formula is C12H19NO2S2. The van der Waals surface area contributed by atoms with Gasteiger partial charge in [0.25, 0.3) is 0 Å². The maximum absolute atomic E-state index is 11.5. The van der Waals surface area contributed by atoms with Crippen LogP contribution in [0, 0.1) is 0 Å². The zero-order valence-electron chi connectivity index (χ0n) is 10.3. The Morgan fingerprint density at radius 1 is 1.18 bits per heavy atom. The number of thioether (sulfide) groups is 1. The van der Waals surface area contributed by atoms with Gasteiger partial charge in [-0.1, -0.05) is 6.92 Å². The summed E-state index contributed by atoms with van der Waals surface area (Å²) in [5.41, 5.74) is 0.967. The first kappa shape index (κ1) is 14.4. The zero-order valence-corrected chi connectivity index (χ0v) is 11.9. The molecule has 1 rings (SSSR count). The SMILES string of the molecule is CCCS(=O)(=O)CCNc1ccc(SC)cc1. The van der Waals surface area contributed by atoms with Crippen LogP contribution in [0.25, 0.3) is 0 Å². The minimum absolute atomic E-state index is 0.200. The van der Waals surface area contributed by atoms with E-state index in [9.17, 15) is 8.42 Å². The lowest BCUT2D eigenvalue weighted by Gasteiger charge is -2.07. The molecule has 5 heteroatoms. The standard InChI is InChI=1S/C12H19NO2S2/c1-3-9-17(14,15)10-8-13-11-4-6-12(16-2)7-5-11/h4-7,13H,3,8-10H2,1-2H3. The fourth-order valence-corrected chi connectivity index (χ4v) is 3.12. The Balaban J connectivity index is 2.40. The van der Waals surface area contributed by atoms with Crippen molar-refractivity contribution in [3.63, 3.8) is 0 Å². The van der Waals surface area contributed by atoms with Gasteiger partial charge in [0.15, 0.2) is 9.84 Å². The molecule has 0 bridgehead atoms. The Labute approximate surface area is 108 Å². The number of hydrogen-bond acceptors (Lipinski definition) is 4. The van der Waals surface area contributed by atoms with E-state index in [0.717, 1.165) is 5.69 Å². The number of benzene rings is 1. The van der Waals surface area contributed by atoms with E-state index in [2.05, 4.69) is 5.32 Å². The van der Waals surface area contributed by atoms with Gasteiger partial charge in [-0.25, -0.2) is 8.42 Å². The van der Waals surface area contributed by atoms with Crippen LogP contribution in [0.1, 0.15) is 13.3 Å². The number of sulfone groups is 1. The minimum atomic E-state index is -2.88. The van der Waals surface area contributed by atoms with Crippen LogP contribution in [0.15, 0.2) is 29.2 Å². The molecule has 0 aliphatic carbocycles. The highest BCUT2D eigenvalue weighted by Gasteiger charge is 2.08. The molecule has 1 aromatic carbocycles. The molecule has 0 fully saturated rings. The second kappa shape index (κ2) is 6.91. The third kappa shape index (κ3) is 5.46. The third-order valence-electron chi connectivity index (χ3n) is 2.35. The molecule has 96 valence electrons. The fraction of sp³-hybridized carbons (Fsp3) is 0.500. The van der Waals surface area contributed by atoms with Gasteiger partial charge in [-0.15, -0.1) is 11.8 Å². The molecule has 1 aromatic rings. The summed E-state index contributed by atoms with van der Waals surface area (Å²) in [5, 5.41) is 3.12. The quantitative estimate of drug-likeness (QED) is 0.776. The molecule has 0 saturated heterocycles. The largest absolute Gasteiger partial charge is 0.384 e. The van der Waals surface area contributed by atoms with Crippen LogP contribution in [-0.2, 0) is 9.84 Å². The maximum atomic E-state index is 11.5. The van der Waals surface area contributed by atoms with Crippen LogP contribution in [0.5, 0.6) is 0 Å².